The Hall–Kier alpha value is -1.06. The fraction of sp³-hybridized carbons (Fsp3) is 0.0769. The molecule has 0 radical (unpaired) electrons. The molecule has 0 amide bonds. The average molecular weight is 441 g/mol. The number of anilines is 2. The summed E-state index contributed by atoms with van der Waals surface area (Å²) in [6.45, 7) is 1.49. The minimum atomic E-state index is -3.90. The molecule has 0 aliphatic rings. The van der Waals surface area contributed by atoms with Gasteiger partial charge in [0.05, 0.1) is 21.3 Å². The number of benzene rings is 2. The van der Waals surface area contributed by atoms with E-state index in [1.165, 1.54) is 6.92 Å². The van der Waals surface area contributed by atoms with Crippen LogP contribution in [0.4, 0.5) is 15.8 Å². The van der Waals surface area contributed by atoms with E-state index in [0.29, 0.717) is 0 Å². The van der Waals surface area contributed by atoms with E-state index >= 15 is 0 Å². The number of halogens is 3. The monoisotopic (exact) mass is 440 g/mol. The van der Waals surface area contributed by atoms with Gasteiger partial charge in [0.2, 0.25) is 0 Å². The fourth-order valence-electron chi connectivity index (χ4n) is 1.73. The number of sulfonamides is 1. The van der Waals surface area contributed by atoms with Crippen LogP contribution in [-0.2, 0) is 10.0 Å². The second-order valence-corrected chi connectivity index (χ2v) is 7.67. The van der Waals surface area contributed by atoms with Gasteiger partial charge in [0, 0.05) is 3.57 Å². The highest BCUT2D eigenvalue weighted by Gasteiger charge is 2.20. The molecular weight excluding hydrogens is 430 g/mol. The Morgan fingerprint density at radius 3 is 2.57 bits per heavy atom. The first-order valence-electron chi connectivity index (χ1n) is 5.74. The van der Waals surface area contributed by atoms with Gasteiger partial charge in [-0.1, -0.05) is 11.6 Å². The summed E-state index contributed by atoms with van der Waals surface area (Å²) in [6.07, 6.45) is 0. The van der Waals surface area contributed by atoms with Crippen molar-refractivity contribution in [3.8, 4) is 0 Å². The van der Waals surface area contributed by atoms with Crippen molar-refractivity contribution in [2.75, 3.05) is 10.5 Å². The molecule has 0 unspecified atom stereocenters. The van der Waals surface area contributed by atoms with Crippen molar-refractivity contribution in [2.45, 2.75) is 11.8 Å². The summed E-state index contributed by atoms with van der Waals surface area (Å²) >= 11 is 8.07. The first kappa shape index (κ1) is 16.3. The molecule has 2 aromatic rings. The molecule has 0 aliphatic heterocycles. The third kappa shape index (κ3) is 3.58. The summed E-state index contributed by atoms with van der Waals surface area (Å²) in [6, 6.07) is 7.08. The number of aryl methyl sites for hydroxylation is 1. The van der Waals surface area contributed by atoms with Gasteiger partial charge in [-0.2, -0.15) is 0 Å². The summed E-state index contributed by atoms with van der Waals surface area (Å²) in [5.41, 5.74) is 5.72. The predicted molar refractivity (Wildman–Crippen MR) is 90.5 cm³/mol. The van der Waals surface area contributed by atoms with Crippen LogP contribution >= 0.6 is 34.2 Å². The van der Waals surface area contributed by atoms with E-state index in [1.807, 2.05) is 0 Å². The predicted octanol–water partition coefficient (Wildman–Crippen LogP) is 3.78. The number of nitrogen functional groups attached to an aromatic ring is 1. The van der Waals surface area contributed by atoms with Gasteiger partial charge in [-0.25, -0.2) is 12.8 Å². The summed E-state index contributed by atoms with van der Waals surface area (Å²) in [5, 5.41) is 0.276. The van der Waals surface area contributed by atoms with Crippen LogP contribution in [0.2, 0.25) is 5.02 Å². The van der Waals surface area contributed by atoms with Gasteiger partial charge in [0.1, 0.15) is 5.82 Å². The molecule has 2 rings (SSSR count). The summed E-state index contributed by atoms with van der Waals surface area (Å²) < 4.78 is 41.3. The normalized spacial score (nSPS) is 11.4. The van der Waals surface area contributed by atoms with Crippen LogP contribution in [0.5, 0.6) is 0 Å². The van der Waals surface area contributed by atoms with E-state index in [2.05, 4.69) is 27.3 Å². The van der Waals surface area contributed by atoms with Crippen molar-refractivity contribution in [1.29, 1.82) is 0 Å². The largest absolute Gasteiger partial charge is 0.396 e. The fourth-order valence-corrected chi connectivity index (χ4v) is 4.03. The van der Waals surface area contributed by atoms with Crippen molar-refractivity contribution >= 4 is 55.6 Å². The molecule has 8 heteroatoms. The minimum Gasteiger partial charge on any atom is -0.396 e. The molecule has 4 nitrogen and oxygen atoms in total. The van der Waals surface area contributed by atoms with Gasteiger partial charge >= 0.3 is 0 Å². The number of hydrogen-bond donors (Lipinski definition) is 2. The van der Waals surface area contributed by atoms with Crippen LogP contribution in [0, 0.1) is 16.3 Å². The van der Waals surface area contributed by atoms with E-state index in [4.69, 9.17) is 17.3 Å². The quantitative estimate of drug-likeness (QED) is 0.564. The number of hydrogen-bond acceptors (Lipinski definition) is 3. The smallest absolute Gasteiger partial charge is 0.262 e. The highest BCUT2D eigenvalue weighted by atomic mass is 127. The molecule has 21 heavy (non-hydrogen) atoms. The Morgan fingerprint density at radius 1 is 1.29 bits per heavy atom. The standard InChI is InChI=1S/C13H11ClFIN2O2S/c1-7-4-10(15)11(17)6-13(7)21(19,20)18-12-3-2-8(16)5-9(12)14/h2-6,18H,17H2,1H3. The summed E-state index contributed by atoms with van der Waals surface area (Å²) in [4.78, 5) is -0.0870. The Labute approximate surface area is 140 Å². The van der Waals surface area contributed by atoms with Crippen LogP contribution < -0.4 is 10.5 Å². The SMILES string of the molecule is Cc1cc(F)c(N)cc1S(=O)(=O)Nc1ccc(I)cc1Cl. The lowest BCUT2D eigenvalue weighted by molar-refractivity contribution is 0.599. The van der Waals surface area contributed by atoms with Gasteiger partial charge < -0.3 is 5.73 Å². The van der Waals surface area contributed by atoms with Gasteiger partial charge in [-0.05, 0) is 65.4 Å². The Bertz CT molecular complexity index is 812. The van der Waals surface area contributed by atoms with Crippen LogP contribution in [-0.4, -0.2) is 8.42 Å². The van der Waals surface area contributed by atoms with E-state index in [-0.39, 0.29) is 26.9 Å². The lowest BCUT2D eigenvalue weighted by atomic mass is 10.2. The first-order valence-corrected chi connectivity index (χ1v) is 8.68. The zero-order chi connectivity index (χ0) is 15.8. The molecule has 3 N–H and O–H groups in total. The van der Waals surface area contributed by atoms with Crippen molar-refractivity contribution in [3.05, 3.63) is 50.3 Å². The molecular formula is C13H11ClFIN2O2S. The maximum absolute atomic E-state index is 13.3. The van der Waals surface area contributed by atoms with Gasteiger partial charge in [-0.3, -0.25) is 4.72 Å². The summed E-state index contributed by atoms with van der Waals surface area (Å²) in [5.74, 6) is -0.654. The topological polar surface area (TPSA) is 72.2 Å². The van der Waals surface area contributed by atoms with Crippen LogP contribution in [0.3, 0.4) is 0 Å². The third-order valence-electron chi connectivity index (χ3n) is 2.76. The maximum atomic E-state index is 13.3. The number of rotatable bonds is 3. The lowest BCUT2D eigenvalue weighted by Gasteiger charge is -2.12. The first-order chi connectivity index (χ1) is 9.70. The molecule has 0 saturated carbocycles. The van der Waals surface area contributed by atoms with Crippen LogP contribution in [0.15, 0.2) is 35.2 Å². The van der Waals surface area contributed by atoms with Crippen molar-refractivity contribution in [1.82, 2.24) is 0 Å². The van der Waals surface area contributed by atoms with E-state index in [9.17, 15) is 12.8 Å². The third-order valence-corrected chi connectivity index (χ3v) is 5.25. The number of nitrogens with two attached hydrogens (primary N) is 1. The zero-order valence-electron chi connectivity index (χ0n) is 10.8. The molecule has 0 bridgehead atoms. The van der Waals surface area contributed by atoms with Crippen LogP contribution in [0.25, 0.3) is 0 Å². The second kappa shape index (κ2) is 5.98. The van der Waals surface area contributed by atoms with Gasteiger partial charge in [0.25, 0.3) is 10.0 Å². The molecule has 0 fully saturated rings. The molecule has 112 valence electrons. The Morgan fingerprint density at radius 2 is 1.95 bits per heavy atom. The van der Waals surface area contributed by atoms with Crippen LogP contribution in [0.1, 0.15) is 5.56 Å². The second-order valence-electron chi connectivity index (χ2n) is 4.37. The average Bonchev–Trinajstić information content (AvgIpc) is 2.37. The lowest BCUT2D eigenvalue weighted by Crippen LogP contribution is -2.15. The summed E-state index contributed by atoms with van der Waals surface area (Å²) in [7, 11) is -3.90. The van der Waals surface area contributed by atoms with Gasteiger partial charge in [-0.15, -0.1) is 0 Å². The van der Waals surface area contributed by atoms with E-state index < -0.39 is 15.8 Å². The maximum Gasteiger partial charge on any atom is 0.262 e. The molecule has 0 aromatic heterocycles. The van der Waals surface area contributed by atoms with Crippen molar-refractivity contribution in [3.63, 3.8) is 0 Å². The molecule has 0 aliphatic carbocycles. The van der Waals surface area contributed by atoms with E-state index in [1.54, 1.807) is 18.2 Å². The zero-order valence-corrected chi connectivity index (χ0v) is 14.6. The molecule has 0 spiro atoms. The Balaban J connectivity index is 2.46. The highest BCUT2D eigenvalue weighted by Crippen LogP contribution is 2.28. The van der Waals surface area contributed by atoms with Crippen molar-refractivity contribution in [2.24, 2.45) is 0 Å². The molecule has 0 heterocycles. The molecule has 0 atom stereocenters. The van der Waals surface area contributed by atoms with Gasteiger partial charge in [0.15, 0.2) is 0 Å². The van der Waals surface area contributed by atoms with Crippen molar-refractivity contribution < 1.29 is 12.8 Å². The molecule has 2 aromatic carbocycles. The molecule has 0 saturated heterocycles. The highest BCUT2D eigenvalue weighted by molar-refractivity contribution is 14.1. The number of nitrogens with one attached hydrogen (secondary N) is 1. The Kier molecular flexibility index (Phi) is 4.64. The minimum absolute atomic E-state index is 0.0870. The van der Waals surface area contributed by atoms with E-state index in [0.717, 1.165) is 15.7 Å².